The SMILES string of the molecule is CC(C)N(CCC(=O)Nc1cc(S(=O)(=O)N(C)C)ccc1Cl)C1CCCC1. The van der Waals surface area contributed by atoms with Crippen LogP contribution >= 0.6 is 11.6 Å². The minimum atomic E-state index is -3.58. The molecule has 8 heteroatoms. The molecule has 0 unspecified atom stereocenters. The van der Waals surface area contributed by atoms with Gasteiger partial charge in [0.05, 0.1) is 15.6 Å². The number of rotatable bonds is 8. The molecule has 1 aliphatic carbocycles. The first-order chi connectivity index (χ1) is 12.6. The number of hydrogen-bond acceptors (Lipinski definition) is 4. The molecule has 0 bridgehead atoms. The van der Waals surface area contributed by atoms with Crippen molar-refractivity contribution in [1.29, 1.82) is 0 Å². The predicted octanol–water partition coefficient (Wildman–Crippen LogP) is 3.57. The Hall–Kier alpha value is -1.15. The molecule has 0 radical (unpaired) electrons. The quantitative estimate of drug-likeness (QED) is 0.704. The molecule has 1 N–H and O–H groups in total. The zero-order chi connectivity index (χ0) is 20.2. The highest BCUT2D eigenvalue weighted by molar-refractivity contribution is 7.89. The van der Waals surface area contributed by atoms with Crippen LogP contribution in [0.15, 0.2) is 23.1 Å². The average Bonchev–Trinajstić information content (AvgIpc) is 3.10. The molecule has 1 saturated carbocycles. The second kappa shape index (κ2) is 9.37. The monoisotopic (exact) mass is 415 g/mol. The lowest BCUT2D eigenvalue weighted by Gasteiger charge is -2.32. The molecule has 6 nitrogen and oxygen atoms in total. The van der Waals surface area contributed by atoms with Crippen LogP contribution in [-0.4, -0.2) is 56.3 Å². The zero-order valence-corrected chi connectivity index (χ0v) is 18.1. The number of anilines is 1. The Balaban J connectivity index is 2.04. The number of carbonyl (C=O) groups is 1. The summed E-state index contributed by atoms with van der Waals surface area (Å²) >= 11 is 6.15. The van der Waals surface area contributed by atoms with Crippen molar-refractivity contribution in [2.24, 2.45) is 0 Å². The van der Waals surface area contributed by atoms with Gasteiger partial charge in [0, 0.05) is 39.1 Å². The number of halogens is 1. The number of amides is 1. The van der Waals surface area contributed by atoms with E-state index in [1.54, 1.807) is 0 Å². The summed E-state index contributed by atoms with van der Waals surface area (Å²) in [4.78, 5) is 14.9. The largest absolute Gasteiger partial charge is 0.325 e. The minimum Gasteiger partial charge on any atom is -0.325 e. The fraction of sp³-hybridized carbons (Fsp3) is 0.632. The van der Waals surface area contributed by atoms with E-state index in [0.29, 0.717) is 35.8 Å². The van der Waals surface area contributed by atoms with E-state index < -0.39 is 10.0 Å². The van der Waals surface area contributed by atoms with Gasteiger partial charge < -0.3 is 5.32 Å². The van der Waals surface area contributed by atoms with Crippen molar-refractivity contribution >= 4 is 33.2 Å². The fourth-order valence-electron chi connectivity index (χ4n) is 3.51. The number of carbonyl (C=O) groups excluding carboxylic acids is 1. The lowest BCUT2D eigenvalue weighted by Crippen LogP contribution is -2.40. The molecule has 2 rings (SSSR count). The van der Waals surface area contributed by atoms with Crippen molar-refractivity contribution in [3.05, 3.63) is 23.2 Å². The molecule has 1 amide bonds. The smallest absolute Gasteiger partial charge is 0.242 e. The Bertz CT molecular complexity index is 759. The maximum Gasteiger partial charge on any atom is 0.242 e. The van der Waals surface area contributed by atoms with E-state index >= 15 is 0 Å². The van der Waals surface area contributed by atoms with E-state index in [1.165, 1.54) is 58.0 Å². The van der Waals surface area contributed by atoms with Crippen molar-refractivity contribution < 1.29 is 13.2 Å². The topological polar surface area (TPSA) is 69.7 Å². The molecular formula is C19H30ClN3O3S. The van der Waals surface area contributed by atoms with E-state index in [-0.39, 0.29) is 10.8 Å². The predicted molar refractivity (Wildman–Crippen MR) is 110 cm³/mol. The molecule has 0 spiro atoms. The Kier molecular flexibility index (Phi) is 7.68. The van der Waals surface area contributed by atoms with E-state index in [1.807, 2.05) is 0 Å². The summed E-state index contributed by atoms with van der Waals surface area (Å²) in [5, 5.41) is 3.08. The summed E-state index contributed by atoms with van der Waals surface area (Å²) in [6, 6.07) is 5.28. The Morgan fingerprint density at radius 2 is 1.89 bits per heavy atom. The maximum atomic E-state index is 12.4. The third-order valence-electron chi connectivity index (χ3n) is 5.04. The van der Waals surface area contributed by atoms with Gasteiger partial charge in [0.2, 0.25) is 15.9 Å². The van der Waals surface area contributed by atoms with Gasteiger partial charge >= 0.3 is 0 Å². The lowest BCUT2D eigenvalue weighted by molar-refractivity contribution is -0.116. The third kappa shape index (κ3) is 5.67. The standard InChI is InChI=1S/C19H30ClN3O3S/c1-14(2)23(15-7-5-6-8-15)12-11-19(24)21-18-13-16(9-10-17(18)20)27(25,26)22(3)4/h9-10,13-15H,5-8,11-12H2,1-4H3,(H,21,24). The van der Waals surface area contributed by atoms with Crippen LogP contribution in [0.25, 0.3) is 0 Å². The molecule has 1 aliphatic rings. The van der Waals surface area contributed by atoms with Gasteiger partial charge in [-0.1, -0.05) is 24.4 Å². The highest BCUT2D eigenvalue weighted by Gasteiger charge is 2.25. The maximum absolute atomic E-state index is 12.4. The van der Waals surface area contributed by atoms with Crippen LogP contribution in [0.5, 0.6) is 0 Å². The third-order valence-corrected chi connectivity index (χ3v) is 7.19. The first-order valence-electron chi connectivity index (χ1n) is 9.40. The van der Waals surface area contributed by atoms with Crippen LogP contribution in [-0.2, 0) is 14.8 Å². The van der Waals surface area contributed by atoms with Gasteiger partial charge in [0.15, 0.2) is 0 Å². The second-order valence-corrected chi connectivity index (χ2v) is 10.1. The summed E-state index contributed by atoms with van der Waals surface area (Å²) in [7, 11) is -0.657. The molecule has 1 aromatic rings. The Morgan fingerprint density at radius 1 is 1.26 bits per heavy atom. The van der Waals surface area contributed by atoms with Crippen LogP contribution in [0.2, 0.25) is 5.02 Å². The molecule has 1 aromatic carbocycles. The van der Waals surface area contributed by atoms with Gasteiger partial charge in [-0.2, -0.15) is 0 Å². The molecule has 0 saturated heterocycles. The minimum absolute atomic E-state index is 0.0990. The molecule has 0 atom stereocenters. The molecule has 0 aromatic heterocycles. The highest BCUT2D eigenvalue weighted by Crippen LogP contribution is 2.27. The van der Waals surface area contributed by atoms with Crippen LogP contribution in [0.4, 0.5) is 5.69 Å². The van der Waals surface area contributed by atoms with Crippen molar-refractivity contribution in [3.63, 3.8) is 0 Å². The second-order valence-electron chi connectivity index (χ2n) is 7.50. The van der Waals surface area contributed by atoms with Gasteiger partial charge in [0.1, 0.15) is 0 Å². The lowest BCUT2D eigenvalue weighted by atomic mass is 10.1. The Labute approximate surface area is 167 Å². The van der Waals surface area contributed by atoms with Crippen molar-refractivity contribution in [1.82, 2.24) is 9.21 Å². The van der Waals surface area contributed by atoms with Crippen LogP contribution in [0, 0.1) is 0 Å². The Morgan fingerprint density at radius 3 is 2.44 bits per heavy atom. The van der Waals surface area contributed by atoms with Crippen LogP contribution in [0.1, 0.15) is 46.0 Å². The molecule has 1 fully saturated rings. The van der Waals surface area contributed by atoms with Gasteiger partial charge in [-0.15, -0.1) is 0 Å². The summed E-state index contributed by atoms with van der Waals surface area (Å²) in [6.45, 7) is 4.99. The first-order valence-corrected chi connectivity index (χ1v) is 11.2. The summed E-state index contributed by atoms with van der Waals surface area (Å²) in [5.74, 6) is -0.167. The van der Waals surface area contributed by atoms with Crippen molar-refractivity contribution in [3.8, 4) is 0 Å². The molecule has 152 valence electrons. The zero-order valence-electron chi connectivity index (χ0n) is 16.5. The number of hydrogen-bond donors (Lipinski definition) is 1. The summed E-state index contributed by atoms with van der Waals surface area (Å²) in [6.07, 6.45) is 5.23. The van der Waals surface area contributed by atoms with E-state index in [9.17, 15) is 13.2 Å². The number of nitrogens with one attached hydrogen (secondary N) is 1. The molecular weight excluding hydrogens is 386 g/mol. The average molecular weight is 416 g/mol. The molecule has 0 aliphatic heterocycles. The van der Waals surface area contributed by atoms with Gasteiger partial charge in [-0.05, 0) is 44.9 Å². The van der Waals surface area contributed by atoms with Gasteiger partial charge in [0.25, 0.3) is 0 Å². The van der Waals surface area contributed by atoms with Crippen molar-refractivity contribution in [2.45, 2.75) is 62.9 Å². The van der Waals surface area contributed by atoms with Gasteiger partial charge in [-0.25, -0.2) is 12.7 Å². The normalized spacial score (nSPS) is 15.9. The van der Waals surface area contributed by atoms with E-state index in [4.69, 9.17) is 11.6 Å². The van der Waals surface area contributed by atoms with E-state index in [2.05, 4.69) is 24.1 Å². The molecule has 27 heavy (non-hydrogen) atoms. The van der Waals surface area contributed by atoms with Gasteiger partial charge in [-0.3, -0.25) is 9.69 Å². The van der Waals surface area contributed by atoms with E-state index in [0.717, 1.165) is 4.31 Å². The summed E-state index contributed by atoms with van der Waals surface area (Å²) in [5.41, 5.74) is 0.321. The van der Waals surface area contributed by atoms with Crippen LogP contribution in [0.3, 0.4) is 0 Å². The number of nitrogens with zero attached hydrogens (tertiary/aromatic N) is 2. The fourth-order valence-corrected chi connectivity index (χ4v) is 4.61. The van der Waals surface area contributed by atoms with Crippen LogP contribution < -0.4 is 5.32 Å². The summed E-state index contributed by atoms with van der Waals surface area (Å²) < 4.78 is 25.7. The molecule has 0 heterocycles. The number of sulfonamides is 1. The highest BCUT2D eigenvalue weighted by atomic mass is 35.5. The van der Waals surface area contributed by atoms with Crippen molar-refractivity contribution in [2.75, 3.05) is 26.0 Å². The first kappa shape index (κ1) is 22.1. The number of benzene rings is 1.